The molecule has 3 nitrogen and oxygen atoms in total. The lowest BCUT2D eigenvalue weighted by molar-refractivity contribution is 0.0886. The molecule has 0 saturated heterocycles. The van der Waals surface area contributed by atoms with Gasteiger partial charge in [-0.05, 0) is 26.0 Å². The van der Waals surface area contributed by atoms with Gasteiger partial charge in [0, 0.05) is 13.6 Å². The Balaban J connectivity index is 3.05. The van der Waals surface area contributed by atoms with Gasteiger partial charge in [-0.15, -0.1) is 0 Å². The maximum atomic E-state index is 13.3. The Morgan fingerprint density at radius 2 is 2.12 bits per heavy atom. The van der Waals surface area contributed by atoms with Crippen LogP contribution in [0.2, 0.25) is 0 Å². The van der Waals surface area contributed by atoms with Crippen molar-refractivity contribution < 1.29 is 9.50 Å². The Morgan fingerprint density at radius 3 is 2.62 bits per heavy atom. The second-order valence-corrected chi connectivity index (χ2v) is 4.41. The molecule has 4 heteroatoms. The lowest BCUT2D eigenvalue weighted by Crippen LogP contribution is -2.36. The molecule has 1 aromatic carbocycles. The largest absolute Gasteiger partial charge is 0.389 e. The Morgan fingerprint density at radius 1 is 1.50 bits per heavy atom. The molecule has 0 heterocycles. The molecule has 0 aliphatic heterocycles. The second kappa shape index (κ2) is 4.50. The minimum atomic E-state index is -0.895. The van der Waals surface area contributed by atoms with Crippen molar-refractivity contribution in [1.82, 2.24) is 0 Å². The number of hydrogen-bond donors (Lipinski definition) is 1. The summed E-state index contributed by atoms with van der Waals surface area (Å²) >= 11 is 0. The lowest BCUT2D eigenvalue weighted by atomic mass is 10.1. The van der Waals surface area contributed by atoms with Crippen LogP contribution in [0.3, 0.4) is 0 Å². The van der Waals surface area contributed by atoms with E-state index in [9.17, 15) is 9.50 Å². The van der Waals surface area contributed by atoms with Crippen molar-refractivity contribution in [2.24, 2.45) is 0 Å². The highest BCUT2D eigenvalue weighted by atomic mass is 19.1. The molecule has 1 rings (SSSR count). The number of anilines is 1. The van der Waals surface area contributed by atoms with Crippen molar-refractivity contribution in [1.29, 1.82) is 5.26 Å². The molecule has 1 N–H and O–H groups in total. The molecule has 0 unspecified atom stereocenters. The van der Waals surface area contributed by atoms with Gasteiger partial charge in [0.05, 0.1) is 11.3 Å². The Bertz CT molecular complexity index is 418. The van der Waals surface area contributed by atoms with E-state index in [0.717, 1.165) is 0 Å². The van der Waals surface area contributed by atoms with Gasteiger partial charge in [-0.3, -0.25) is 0 Å². The van der Waals surface area contributed by atoms with Crippen LogP contribution in [0.1, 0.15) is 19.4 Å². The first kappa shape index (κ1) is 12.5. The van der Waals surface area contributed by atoms with Crippen molar-refractivity contribution in [3.8, 4) is 6.07 Å². The normalized spacial score (nSPS) is 11.0. The van der Waals surface area contributed by atoms with E-state index in [2.05, 4.69) is 0 Å². The van der Waals surface area contributed by atoms with Gasteiger partial charge in [0.1, 0.15) is 17.4 Å². The van der Waals surface area contributed by atoms with Gasteiger partial charge in [-0.1, -0.05) is 6.07 Å². The summed E-state index contributed by atoms with van der Waals surface area (Å²) in [5.41, 5.74) is -0.396. The van der Waals surface area contributed by atoms with Gasteiger partial charge in [0.25, 0.3) is 0 Å². The molecule has 0 bridgehead atoms. The third-order valence-electron chi connectivity index (χ3n) is 2.14. The van der Waals surface area contributed by atoms with Gasteiger partial charge in [-0.2, -0.15) is 5.26 Å². The zero-order chi connectivity index (χ0) is 12.3. The first-order chi connectivity index (χ1) is 7.35. The van der Waals surface area contributed by atoms with Gasteiger partial charge in [0.15, 0.2) is 0 Å². The number of nitriles is 1. The van der Waals surface area contributed by atoms with Crippen LogP contribution in [0.4, 0.5) is 10.1 Å². The van der Waals surface area contributed by atoms with E-state index < -0.39 is 11.4 Å². The Kier molecular flexibility index (Phi) is 3.51. The average Bonchev–Trinajstić information content (AvgIpc) is 2.14. The molecular weight excluding hydrogens is 207 g/mol. The lowest BCUT2D eigenvalue weighted by Gasteiger charge is -2.27. The van der Waals surface area contributed by atoms with E-state index in [0.29, 0.717) is 12.2 Å². The third-order valence-corrected chi connectivity index (χ3v) is 2.14. The summed E-state index contributed by atoms with van der Waals surface area (Å²) < 4.78 is 13.3. The number of likely N-dealkylation sites (N-methyl/N-ethyl adjacent to an activating group) is 1. The van der Waals surface area contributed by atoms with Crippen LogP contribution in [-0.4, -0.2) is 24.3 Å². The summed E-state index contributed by atoms with van der Waals surface area (Å²) in [4.78, 5) is 1.67. The second-order valence-electron chi connectivity index (χ2n) is 4.41. The average molecular weight is 222 g/mol. The van der Waals surface area contributed by atoms with Gasteiger partial charge < -0.3 is 10.0 Å². The summed E-state index contributed by atoms with van der Waals surface area (Å²) in [6.07, 6.45) is 0. The number of nitrogens with zero attached hydrogens (tertiary/aromatic N) is 2. The zero-order valence-electron chi connectivity index (χ0n) is 9.66. The first-order valence-electron chi connectivity index (χ1n) is 4.97. The fraction of sp³-hybridized carbons (Fsp3) is 0.417. The fourth-order valence-electron chi connectivity index (χ4n) is 1.61. The molecule has 0 aromatic heterocycles. The standard InChI is InChI=1S/C12H15FN2O/c1-12(2,16)8-15(3)11-6-4-5-10(13)9(11)7-14/h4-6,16H,8H2,1-3H3. The van der Waals surface area contributed by atoms with Gasteiger partial charge in [-0.25, -0.2) is 4.39 Å². The SMILES string of the molecule is CN(CC(C)(C)O)c1cccc(F)c1C#N. The molecule has 0 spiro atoms. The minimum Gasteiger partial charge on any atom is -0.389 e. The van der Waals surface area contributed by atoms with Gasteiger partial charge >= 0.3 is 0 Å². The monoisotopic (exact) mass is 222 g/mol. The molecule has 0 aliphatic carbocycles. The first-order valence-corrected chi connectivity index (χ1v) is 4.97. The van der Waals surface area contributed by atoms with E-state index in [4.69, 9.17) is 5.26 Å². The molecule has 0 amide bonds. The van der Waals surface area contributed by atoms with Crippen molar-refractivity contribution >= 4 is 5.69 Å². The van der Waals surface area contributed by atoms with Crippen LogP contribution in [0, 0.1) is 17.1 Å². The molecule has 16 heavy (non-hydrogen) atoms. The van der Waals surface area contributed by atoms with Crippen molar-refractivity contribution in [2.75, 3.05) is 18.5 Å². The highest BCUT2D eigenvalue weighted by Crippen LogP contribution is 2.22. The number of aliphatic hydroxyl groups is 1. The summed E-state index contributed by atoms with van der Waals surface area (Å²) in [5, 5.41) is 18.5. The maximum Gasteiger partial charge on any atom is 0.143 e. The van der Waals surface area contributed by atoms with E-state index in [1.807, 2.05) is 6.07 Å². The molecule has 86 valence electrons. The molecule has 0 saturated carbocycles. The summed E-state index contributed by atoms with van der Waals surface area (Å²) in [6.45, 7) is 3.65. The quantitative estimate of drug-likeness (QED) is 0.849. The van der Waals surface area contributed by atoms with Crippen LogP contribution < -0.4 is 4.90 Å². The summed E-state index contributed by atoms with van der Waals surface area (Å²) in [7, 11) is 1.72. The maximum absolute atomic E-state index is 13.3. The predicted molar refractivity (Wildman–Crippen MR) is 60.7 cm³/mol. The number of benzene rings is 1. The van der Waals surface area contributed by atoms with E-state index in [1.54, 1.807) is 37.9 Å². The van der Waals surface area contributed by atoms with E-state index >= 15 is 0 Å². The van der Waals surface area contributed by atoms with Crippen LogP contribution in [0.25, 0.3) is 0 Å². The highest BCUT2D eigenvalue weighted by molar-refractivity contribution is 5.59. The highest BCUT2D eigenvalue weighted by Gasteiger charge is 2.19. The Hall–Kier alpha value is -1.60. The predicted octanol–water partition coefficient (Wildman–Crippen LogP) is 1.90. The minimum absolute atomic E-state index is 0.00856. The van der Waals surface area contributed by atoms with Gasteiger partial charge in [0.2, 0.25) is 0 Å². The van der Waals surface area contributed by atoms with Crippen molar-refractivity contribution in [3.05, 3.63) is 29.6 Å². The summed E-state index contributed by atoms with van der Waals surface area (Å²) in [6, 6.07) is 6.29. The smallest absolute Gasteiger partial charge is 0.143 e. The number of halogens is 1. The number of hydrogen-bond acceptors (Lipinski definition) is 3. The Labute approximate surface area is 94.7 Å². The van der Waals surface area contributed by atoms with Crippen LogP contribution in [-0.2, 0) is 0 Å². The molecular formula is C12H15FN2O. The van der Waals surface area contributed by atoms with Crippen LogP contribution in [0.5, 0.6) is 0 Å². The zero-order valence-corrected chi connectivity index (χ0v) is 9.66. The molecule has 1 aromatic rings. The number of rotatable bonds is 3. The molecule has 0 aliphatic rings. The van der Waals surface area contributed by atoms with E-state index in [1.165, 1.54) is 6.07 Å². The molecule has 0 atom stereocenters. The fourth-order valence-corrected chi connectivity index (χ4v) is 1.61. The molecule has 0 fully saturated rings. The topological polar surface area (TPSA) is 47.3 Å². The van der Waals surface area contributed by atoms with E-state index in [-0.39, 0.29) is 5.56 Å². The molecule has 0 radical (unpaired) electrons. The van der Waals surface area contributed by atoms with Crippen molar-refractivity contribution in [3.63, 3.8) is 0 Å². The van der Waals surface area contributed by atoms with Crippen molar-refractivity contribution in [2.45, 2.75) is 19.4 Å². The van der Waals surface area contributed by atoms with Crippen LogP contribution in [0.15, 0.2) is 18.2 Å². The third kappa shape index (κ3) is 2.94. The summed E-state index contributed by atoms with van der Waals surface area (Å²) in [5.74, 6) is -0.539. The van der Waals surface area contributed by atoms with Crippen LogP contribution >= 0.6 is 0 Å².